The maximum absolute atomic E-state index is 12.9. The van der Waals surface area contributed by atoms with Crippen LogP contribution in [0, 0.1) is 11.6 Å². The first-order valence-electron chi connectivity index (χ1n) is 5.59. The Morgan fingerprint density at radius 2 is 1.94 bits per heavy atom. The van der Waals surface area contributed by atoms with Crippen LogP contribution < -0.4 is 5.32 Å². The van der Waals surface area contributed by atoms with Crippen LogP contribution in [0.15, 0.2) is 18.2 Å². The van der Waals surface area contributed by atoms with Crippen LogP contribution in [0.3, 0.4) is 0 Å². The molecule has 1 heterocycles. The summed E-state index contributed by atoms with van der Waals surface area (Å²) in [5.41, 5.74) is 0.663. The van der Waals surface area contributed by atoms with Crippen molar-refractivity contribution in [2.75, 3.05) is 23.8 Å². The minimum Gasteiger partial charge on any atom is -0.312 e. The van der Waals surface area contributed by atoms with Gasteiger partial charge >= 0.3 is 0 Å². The summed E-state index contributed by atoms with van der Waals surface area (Å²) in [5, 5.41) is 3.88. The fourth-order valence-electron chi connectivity index (χ4n) is 1.74. The van der Waals surface area contributed by atoms with Crippen LogP contribution in [0.2, 0.25) is 0 Å². The van der Waals surface area contributed by atoms with Crippen molar-refractivity contribution in [2.45, 2.75) is 11.8 Å². The molecule has 1 unspecified atom stereocenters. The third kappa shape index (κ3) is 4.48. The van der Waals surface area contributed by atoms with Crippen molar-refractivity contribution >= 4 is 23.5 Å². The molecule has 1 aromatic rings. The zero-order valence-electron chi connectivity index (χ0n) is 9.42. The summed E-state index contributed by atoms with van der Waals surface area (Å²) in [6.45, 7) is 1.42. The van der Waals surface area contributed by atoms with E-state index in [-0.39, 0.29) is 0 Å². The molecule has 0 aromatic heterocycles. The van der Waals surface area contributed by atoms with Crippen molar-refractivity contribution in [1.29, 1.82) is 0 Å². The molecule has 1 aromatic carbocycles. The number of thioether (sulfide) groups is 2. The number of hydrogen-bond donors (Lipinski definition) is 1. The minimum atomic E-state index is -0.510. The molecule has 0 spiro atoms. The smallest absolute Gasteiger partial charge is 0.126 e. The topological polar surface area (TPSA) is 12.0 Å². The molecule has 1 atom stereocenters. The fourth-order valence-corrected chi connectivity index (χ4v) is 4.39. The van der Waals surface area contributed by atoms with Crippen molar-refractivity contribution in [2.24, 2.45) is 0 Å². The highest BCUT2D eigenvalue weighted by Gasteiger charge is 2.13. The molecule has 0 radical (unpaired) electrons. The summed E-state index contributed by atoms with van der Waals surface area (Å²) in [6, 6.07) is 3.65. The van der Waals surface area contributed by atoms with Crippen LogP contribution in [0.5, 0.6) is 0 Å². The second-order valence-electron chi connectivity index (χ2n) is 3.98. The van der Waals surface area contributed by atoms with Gasteiger partial charge in [-0.25, -0.2) is 8.78 Å². The molecule has 0 aliphatic carbocycles. The lowest BCUT2D eigenvalue weighted by Crippen LogP contribution is -2.28. The van der Waals surface area contributed by atoms with E-state index in [0.29, 0.717) is 17.4 Å². The van der Waals surface area contributed by atoms with Crippen molar-refractivity contribution in [1.82, 2.24) is 5.32 Å². The highest BCUT2D eigenvalue weighted by molar-refractivity contribution is 8.06. The average molecular weight is 275 g/mol. The number of rotatable bonds is 4. The van der Waals surface area contributed by atoms with Gasteiger partial charge in [0, 0.05) is 41.7 Å². The van der Waals surface area contributed by atoms with Crippen LogP contribution in [0.4, 0.5) is 8.78 Å². The molecule has 0 saturated carbocycles. The van der Waals surface area contributed by atoms with E-state index in [4.69, 9.17) is 0 Å². The van der Waals surface area contributed by atoms with Gasteiger partial charge in [0.2, 0.25) is 0 Å². The van der Waals surface area contributed by atoms with Gasteiger partial charge in [0.25, 0.3) is 0 Å². The summed E-state index contributed by atoms with van der Waals surface area (Å²) >= 11 is 3.95. The Labute approximate surface area is 109 Å². The van der Waals surface area contributed by atoms with Gasteiger partial charge < -0.3 is 5.32 Å². The van der Waals surface area contributed by atoms with Gasteiger partial charge in [-0.05, 0) is 17.7 Å². The number of nitrogens with one attached hydrogen (secondary N) is 1. The first kappa shape index (κ1) is 13.2. The van der Waals surface area contributed by atoms with Gasteiger partial charge in [-0.1, -0.05) is 0 Å². The molecule has 2 rings (SSSR count). The second-order valence-corrected chi connectivity index (χ2v) is 6.53. The maximum Gasteiger partial charge on any atom is 0.126 e. The molecule has 0 amide bonds. The molecule has 1 fully saturated rings. The summed E-state index contributed by atoms with van der Waals surface area (Å²) in [6.07, 6.45) is 0. The van der Waals surface area contributed by atoms with Gasteiger partial charge in [-0.2, -0.15) is 23.5 Å². The molecule has 1 nitrogen and oxygen atoms in total. The standard InChI is InChI=1S/C12H15F2NS2/c13-10-3-9(4-11(14)5-10)6-15-7-12-8-16-1-2-17-12/h3-5,12,15H,1-2,6-8H2. The van der Waals surface area contributed by atoms with Gasteiger partial charge in [0.15, 0.2) is 0 Å². The van der Waals surface area contributed by atoms with Crippen molar-refractivity contribution in [3.8, 4) is 0 Å². The van der Waals surface area contributed by atoms with Crippen LogP contribution in [-0.4, -0.2) is 29.1 Å². The van der Waals surface area contributed by atoms with E-state index >= 15 is 0 Å². The van der Waals surface area contributed by atoms with E-state index in [9.17, 15) is 8.78 Å². The van der Waals surface area contributed by atoms with E-state index in [1.54, 1.807) is 0 Å². The van der Waals surface area contributed by atoms with E-state index in [2.05, 4.69) is 5.32 Å². The Morgan fingerprint density at radius 1 is 1.18 bits per heavy atom. The molecular weight excluding hydrogens is 260 g/mol. The molecule has 1 saturated heterocycles. The zero-order chi connectivity index (χ0) is 12.1. The molecule has 94 valence electrons. The monoisotopic (exact) mass is 275 g/mol. The quantitative estimate of drug-likeness (QED) is 0.907. The van der Waals surface area contributed by atoms with Crippen LogP contribution >= 0.6 is 23.5 Å². The third-order valence-electron chi connectivity index (χ3n) is 2.51. The largest absolute Gasteiger partial charge is 0.312 e. The summed E-state index contributed by atoms with van der Waals surface area (Å²) in [7, 11) is 0. The maximum atomic E-state index is 12.9. The Hall–Kier alpha value is -0.260. The predicted molar refractivity (Wildman–Crippen MR) is 71.6 cm³/mol. The van der Waals surface area contributed by atoms with Gasteiger partial charge in [-0.15, -0.1) is 0 Å². The Balaban J connectivity index is 1.77. The zero-order valence-corrected chi connectivity index (χ0v) is 11.1. The summed E-state index contributed by atoms with van der Waals surface area (Å²) in [4.78, 5) is 0. The Bertz CT molecular complexity index is 347. The number of hydrogen-bond acceptors (Lipinski definition) is 3. The SMILES string of the molecule is Fc1cc(F)cc(CNCC2CSCCS2)c1. The van der Waals surface area contributed by atoms with E-state index in [1.807, 2.05) is 23.5 Å². The molecule has 1 N–H and O–H groups in total. The van der Waals surface area contributed by atoms with Gasteiger partial charge in [0.05, 0.1) is 0 Å². The van der Waals surface area contributed by atoms with E-state index in [1.165, 1.54) is 23.6 Å². The highest BCUT2D eigenvalue weighted by atomic mass is 32.2. The van der Waals surface area contributed by atoms with Gasteiger partial charge in [0.1, 0.15) is 11.6 Å². The summed E-state index contributed by atoms with van der Waals surface area (Å²) < 4.78 is 25.9. The molecule has 1 aliphatic heterocycles. The molecular formula is C12H15F2NS2. The minimum absolute atomic E-state index is 0.510. The number of benzene rings is 1. The van der Waals surface area contributed by atoms with Crippen molar-refractivity contribution in [3.63, 3.8) is 0 Å². The number of halogens is 2. The van der Waals surface area contributed by atoms with Crippen molar-refractivity contribution < 1.29 is 8.78 Å². The lowest BCUT2D eigenvalue weighted by Gasteiger charge is -2.21. The summed E-state index contributed by atoms with van der Waals surface area (Å²) in [5.74, 6) is 2.57. The average Bonchev–Trinajstić information content (AvgIpc) is 2.29. The first-order valence-corrected chi connectivity index (χ1v) is 7.79. The molecule has 1 aliphatic rings. The van der Waals surface area contributed by atoms with Crippen LogP contribution in [-0.2, 0) is 6.54 Å². The fraction of sp³-hybridized carbons (Fsp3) is 0.500. The second kappa shape index (κ2) is 6.61. The first-order chi connectivity index (χ1) is 8.24. The van der Waals surface area contributed by atoms with E-state index in [0.717, 1.165) is 18.4 Å². The highest BCUT2D eigenvalue weighted by Crippen LogP contribution is 2.23. The van der Waals surface area contributed by atoms with Gasteiger partial charge in [-0.3, -0.25) is 0 Å². The lowest BCUT2D eigenvalue weighted by atomic mass is 10.2. The predicted octanol–water partition coefficient (Wildman–Crippen LogP) is 2.90. The molecule has 0 bridgehead atoms. The van der Waals surface area contributed by atoms with Crippen molar-refractivity contribution in [3.05, 3.63) is 35.4 Å². The van der Waals surface area contributed by atoms with Crippen LogP contribution in [0.1, 0.15) is 5.56 Å². The lowest BCUT2D eigenvalue weighted by molar-refractivity contribution is 0.575. The third-order valence-corrected chi connectivity index (χ3v) is 5.35. The Morgan fingerprint density at radius 3 is 2.59 bits per heavy atom. The van der Waals surface area contributed by atoms with E-state index < -0.39 is 11.6 Å². The molecule has 17 heavy (non-hydrogen) atoms. The normalized spacial score (nSPS) is 20.5. The van der Waals surface area contributed by atoms with Crippen LogP contribution in [0.25, 0.3) is 0 Å². The molecule has 5 heteroatoms. The Kier molecular flexibility index (Phi) is 5.13.